The van der Waals surface area contributed by atoms with E-state index in [1.165, 1.54) is 6.07 Å². The Kier molecular flexibility index (Phi) is 4.90. The third-order valence-electron chi connectivity index (χ3n) is 4.12. The number of carbonyl (C=O) groups is 1. The summed E-state index contributed by atoms with van der Waals surface area (Å²) in [5, 5.41) is 12.6. The van der Waals surface area contributed by atoms with E-state index in [2.05, 4.69) is 15.3 Å². The first-order valence-corrected chi connectivity index (χ1v) is 8.01. The maximum absolute atomic E-state index is 13.2. The second-order valence-electron chi connectivity index (χ2n) is 6.00. The molecule has 7 heteroatoms. The number of nitrogens with zero attached hydrogens (tertiary/aromatic N) is 2. The van der Waals surface area contributed by atoms with Crippen molar-refractivity contribution in [2.24, 2.45) is 0 Å². The predicted molar refractivity (Wildman–Crippen MR) is 92.7 cm³/mol. The molecule has 134 valence electrons. The maximum atomic E-state index is 13.2. The topological polar surface area (TPSA) is 75.1 Å². The highest BCUT2D eigenvalue weighted by molar-refractivity contribution is 5.97. The van der Waals surface area contributed by atoms with Crippen molar-refractivity contribution in [2.75, 3.05) is 6.54 Å². The summed E-state index contributed by atoms with van der Waals surface area (Å²) in [5.74, 6) is -2.45. The molecule has 1 heterocycles. The van der Waals surface area contributed by atoms with Crippen molar-refractivity contribution < 1.29 is 18.7 Å². The molecule has 1 atom stereocenters. The Morgan fingerprint density at radius 1 is 1.04 bits per heavy atom. The summed E-state index contributed by atoms with van der Waals surface area (Å²) < 4.78 is 26.2. The van der Waals surface area contributed by atoms with Gasteiger partial charge in [-0.3, -0.25) is 4.79 Å². The van der Waals surface area contributed by atoms with Crippen molar-refractivity contribution in [2.45, 2.75) is 20.0 Å². The zero-order chi connectivity index (χ0) is 18.8. The third kappa shape index (κ3) is 3.67. The van der Waals surface area contributed by atoms with Crippen LogP contribution in [0, 0.1) is 25.5 Å². The average Bonchev–Trinajstić information content (AvgIpc) is 2.62. The molecule has 3 aromatic rings. The molecule has 0 spiro atoms. The summed E-state index contributed by atoms with van der Waals surface area (Å²) in [5.41, 5.74) is 3.44. The van der Waals surface area contributed by atoms with Gasteiger partial charge < -0.3 is 10.4 Å². The number of rotatable bonds is 4. The summed E-state index contributed by atoms with van der Waals surface area (Å²) in [4.78, 5) is 21.1. The quantitative estimate of drug-likeness (QED) is 0.753. The monoisotopic (exact) mass is 357 g/mol. The molecule has 2 N–H and O–H groups in total. The normalized spacial score (nSPS) is 12.2. The number of hydrogen-bond donors (Lipinski definition) is 2. The zero-order valence-corrected chi connectivity index (χ0v) is 14.3. The predicted octanol–water partition coefficient (Wildman–Crippen LogP) is 2.99. The van der Waals surface area contributed by atoms with Gasteiger partial charge in [0.05, 0.1) is 28.5 Å². The van der Waals surface area contributed by atoms with Crippen molar-refractivity contribution in [3.8, 4) is 0 Å². The van der Waals surface area contributed by atoms with Gasteiger partial charge in [-0.1, -0.05) is 6.07 Å². The van der Waals surface area contributed by atoms with E-state index in [-0.39, 0.29) is 12.1 Å². The number of aryl methyl sites for hydroxylation is 2. The van der Waals surface area contributed by atoms with E-state index in [4.69, 9.17) is 0 Å². The number of aliphatic hydroxyl groups excluding tert-OH is 1. The minimum atomic E-state index is -1.15. The SMILES string of the molecule is Cc1nc2ccc(C(=O)NC[C@@H](O)c3ccc(F)c(F)c3)cc2nc1C. The van der Waals surface area contributed by atoms with Gasteiger partial charge in [-0.25, -0.2) is 18.7 Å². The summed E-state index contributed by atoms with van der Waals surface area (Å²) in [6.07, 6.45) is -1.15. The largest absolute Gasteiger partial charge is 0.387 e. The standard InChI is InChI=1S/C19H17F2N3O2/c1-10-11(2)24-17-8-13(4-6-16(17)23-10)19(26)22-9-18(25)12-3-5-14(20)15(21)7-12/h3-8,18,25H,9H2,1-2H3,(H,22,26)/t18-/m1/s1. The van der Waals surface area contributed by atoms with Gasteiger partial charge in [0, 0.05) is 12.1 Å². The Morgan fingerprint density at radius 3 is 2.42 bits per heavy atom. The third-order valence-corrected chi connectivity index (χ3v) is 4.12. The Hall–Kier alpha value is -2.93. The fourth-order valence-corrected chi connectivity index (χ4v) is 2.50. The first-order chi connectivity index (χ1) is 12.3. The van der Waals surface area contributed by atoms with E-state index in [0.717, 1.165) is 23.5 Å². The minimum absolute atomic E-state index is 0.138. The molecular formula is C19H17F2N3O2. The van der Waals surface area contributed by atoms with E-state index < -0.39 is 23.6 Å². The molecule has 0 bridgehead atoms. The minimum Gasteiger partial charge on any atom is -0.387 e. The second-order valence-corrected chi connectivity index (χ2v) is 6.00. The van der Waals surface area contributed by atoms with Crippen LogP contribution < -0.4 is 5.32 Å². The second kappa shape index (κ2) is 7.13. The van der Waals surface area contributed by atoms with Crippen LogP contribution in [0.3, 0.4) is 0 Å². The van der Waals surface area contributed by atoms with Gasteiger partial charge in [0.15, 0.2) is 11.6 Å². The van der Waals surface area contributed by atoms with Crippen molar-refractivity contribution in [1.82, 2.24) is 15.3 Å². The van der Waals surface area contributed by atoms with Crippen LogP contribution in [0.1, 0.15) is 33.4 Å². The molecule has 26 heavy (non-hydrogen) atoms. The highest BCUT2D eigenvalue weighted by Crippen LogP contribution is 2.17. The van der Waals surface area contributed by atoms with Gasteiger partial charge in [-0.05, 0) is 49.7 Å². The first-order valence-electron chi connectivity index (χ1n) is 8.01. The number of hydrogen-bond acceptors (Lipinski definition) is 4. The Morgan fingerprint density at radius 2 is 1.73 bits per heavy atom. The maximum Gasteiger partial charge on any atom is 0.251 e. The fraction of sp³-hybridized carbons (Fsp3) is 0.211. The molecule has 0 saturated heterocycles. The Labute approximate surface area is 148 Å². The molecule has 0 aliphatic heterocycles. The Balaban J connectivity index is 1.72. The van der Waals surface area contributed by atoms with E-state index in [9.17, 15) is 18.7 Å². The molecule has 0 fully saturated rings. The van der Waals surface area contributed by atoms with Gasteiger partial charge in [0.1, 0.15) is 0 Å². The van der Waals surface area contributed by atoms with Crippen molar-refractivity contribution in [3.05, 3.63) is 70.5 Å². The molecular weight excluding hydrogens is 340 g/mol. The van der Waals surface area contributed by atoms with Crippen molar-refractivity contribution >= 4 is 16.9 Å². The molecule has 0 aliphatic carbocycles. The van der Waals surface area contributed by atoms with Gasteiger partial charge in [0.25, 0.3) is 5.91 Å². The van der Waals surface area contributed by atoms with E-state index >= 15 is 0 Å². The molecule has 1 aromatic heterocycles. The highest BCUT2D eigenvalue weighted by Gasteiger charge is 2.14. The van der Waals surface area contributed by atoms with E-state index in [1.54, 1.807) is 18.2 Å². The van der Waals surface area contributed by atoms with Gasteiger partial charge in [-0.2, -0.15) is 0 Å². The number of benzene rings is 2. The molecule has 5 nitrogen and oxygen atoms in total. The molecule has 3 rings (SSSR count). The molecule has 1 amide bonds. The summed E-state index contributed by atoms with van der Waals surface area (Å²) in [7, 11) is 0. The number of halogens is 2. The number of aliphatic hydroxyl groups is 1. The molecule has 0 aliphatic rings. The lowest BCUT2D eigenvalue weighted by molar-refractivity contribution is 0.0916. The lowest BCUT2D eigenvalue weighted by Crippen LogP contribution is -2.28. The van der Waals surface area contributed by atoms with Crippen molar-refractivity contribution in [3.63, 3.8) is 0 Å². The van der Waals surface area contributed by atoms with Crippen LogP contribution in [0.4, 0.5) is 8.78 Å². The van der Waals surface area contributed by atoms with E-state index in [1.807, 2.05) is 13.8 Å². The van der Waals surface area contributed by atoms with Crippen LogP contribution in [0.5, 0.6) is 0 Å². The van der Waals surface area contributed by atoms with Gasteiger partial charge in [0.2, 0.25) is 0 Å². The zero-order valence-electron chi connectivity index (χ0n) is 14.3. The number of amides is 1. The lowest BCUT2D eigenvalue weighted by Gasteiger charge is -2.13. The molecule has 0 saturated carbocycles. The average molecular weight is 357 g/mol. The van der Waals surface area contributed by atoms with E-state index in [0.29, 0.717) is 16.6 Å². The van der Waals surface area contributed by atoms with Crippen LogP contribution in [0.2, 0.25) is 0 Å². The molecule has 2 aromatic carbocycles. The van der Waals surface area contributed by atoms with Crippen LogP contribution in [-0.2, 0) is 0 Å². The van der Waals surface area contributed by atoms with Crippen LogP contribution in [0.15, 0.2) is 36.4 Å². The fourth-order valence-electron chi connectivity index (χ4n) is 2.50. The lowest BCUT2D eigenvalue weighted by atomic mass is 10.1. The Bertz CT molecular complexity index is 992. The molecule has 0 radical (unpaired) electrons. The highest BCUT2D eigenvalue weighted by atomic mass is 19.2. The smallest absolute Gasteiger partial charge is 0.251 e. The first kappa shape index (κ1) is 17.9. The number of carbonyl (C=O) groups excluding carboxylic acids is 1. The van der Waals surface area contributed by atoms with Crippen LogP contribution in [-0.4, -0.2) is 27.5 Å². The summed E-state index contributed by atoms with van der Waals surface area (Å²) in [6, 6.07) is 8.05. The number of aromatic nitrogens is 2. The van der Waals surface area contributed by atoms with Gasteiger partial charge in [-0.15, -0.1) is 0 Å². The molecule has 0 unspecified atom stereocenters. The summed E-state index contributed by atoms with van der Waals surface area (Å²) >= 11 is 0. The van der Waals surface area contributed by atoms with Gasteiger partial charge >= 0.3 is 0 Å². The van der Waals surface area contributed by atoms with Crippen LogP contribution in [0.25, 0.3) is 11.0 Å². The van der Waals surface area contributed by atoms with Crippen molar-refractivity contribution in [1.29, 1.82) is 0 Å². The number of nitrogens with one attached hydrogen (secondary N) is 1. The number of fused-ring (bicyclic) bond motifs is 1. The summed E-state index contributed by atoms with van der Waals surface area (Å²) in [6.45, 7) is 3.56. The van der Waals surface area contributed by atoms with Crippen LogP contribution >= 0.6 is 0 Å².